The zero-order valence-corrected chi connectivity index (χ0v) is 16.8. The Bertz CT molecular complexity index is 769. The van der Waals surface area contributed by atoms with E-state index in [0.717, 1.165) is 69.8 Å². The highest BCUT2D eigenvalue weighted by Crippen LogP contribution is 2.42. The van der Waals surface area contributed by atoms with E-state index in [2.05, 4.69) is 15.1 Å². The predicted octanol–water partition coefficient (Wildman–Crippen LogP) is 2.47. The third kappa shape index (κ3) is 3.35. The van der Waals surface area contributed by atoms with Crippen LogP contribution in [0.5, 0.6) is 0 Å². The molecular weight excluding hydrogens is 352 g/mol. The Morgan fingerprint density at radius 3 is 2.86 bits per heavy atom. The van der Waals surface area contributed by atoms with Gasteiger partial charge in [-0.2, -0.15) is 5.10 Å². The van der Waals surface area contributed by atoms with Gasteiger partial charge in [-0.3, -0.25) is 14.7 Å². The van der Waals surface area contributed by atoms with Gasteiger partial charge in [0, 0.05) is 44.7 Å². The first-order valence-corrected chi connectivity index (χ1v) is 11.3. The fourth-order valence-corrected chi connectivity index (χ4v) is 5.54. The minimum atomic E-state index is -0.297. The van der Waals surface area contributed by atoms with Crippen LogP contribution in [0.4, 0.5) is 0 Å². The van der Waals surface area contributed by atoms with Crippen molar-refractivity contribution < 1.29 is 9.59 Å². The van der Waals surface area contributed by atoms with E-state index >= 15 is 0 Å². The summed E-state index contributed by atoms with van der Waals surface area (Å²) in [6, 6.07) is 0. The quantitative estimate of drug-likeness (QED) is 0.848. The number of piperidine rings is 1. The van der Waals surface area contributed by atoms with Gasteiger partial charge in [0.25, 0.3) is 0 Å². The molecule has 5 rings (SSSR count). The molecule has 0 aromatic carbocycles. The van der Waals surface area contributed by atoms with Crippen LogP contribution in [0.3, 0.4) is 0 Å². The number of nitrogens with one attached hydrogen (secondary N) is 1. The Morgan fingerprint density at radius 1 is 1.14 bits per heavy atom. The molecule has 1 spiro atoms. The number of carbonyl (C=O) groups is 2. The van der Waals surface area contributed by atoms with Gasteiger partial charge in [-0.05, 0) is 69.3 Å². The minimum Gasteiger partial charge on any atom is -0.342 e. The van der Waals surface area contributed by atoms with Crippen LogP contribution >= 0.6 is 0 Å². The number of carbonyl (C=O) groups excluding carboxylic acids is 2. The number of likely N-dealkylation sites (tertiary alicyclic amines) is 2. The van der Waals surface area contributed by atoms with E-state index in [1.165, 1.54) is 36.9 Å². The van der Waals surface area contributed by atoms with Gasteiger partial charge < -0.3 is 9.80 Å². The molecule has 152 valence electrons. The van der Waals surface area contributed by atoms with Crippen LogP contribution in [0.15, 0.2) is 0 Å². The first kappa shape index (κ1) is 18.2. The molecule has 1 aromatic heterocycles. The first-order valence-electron chi connectivity index (χ1n) is 11.3. The van der Waals surface area contributed by atoms with Crippen LogP contribution in [0.2, 0.25) is 0 Å². The number of H-pyrrole nitrogens is 1. The van der Waals surface area contributed by atoms with Crippen LogP contribution in [0.1, 0.15) is 68.3 Å². The standard InChI is InChI=1S/C22H32N4O2/c27-20(9-8-19-17-4-1-2-5-18(17)23-24-19)26-13-11-22(15-26)10-3-12-25(21(22)28)14-16-6-7-16/h16H,1-15H2,(H,23,24)/t22-/m1/s1. The molecule has 0 unspecified atom stereocenters. The molecule has 28 heavy (non-hydrogen) atoms. The van der Waals surface area contributed by atoms with Crippen molar-refractivity contribution in [1.82, 2.24) is 20.0 Å². The zero-order chi connectivity index (χ0) is 19.1. The lowest BCUT2D eigenvalue weighted by Gasteiger charge is -2.39. The average molecular weight is 385 g/mol. The van der Waals surface area contributed by atoms with Gasteiger partial charge in [0.15, 0.2) is 0 Å². The molecule has 6 nitrogen and oxygen atoms in total. The van der Waals surface area contributed by atoms with Crippen LogP contribution in [-0.4, -0.2) is 58.0 Å². The number of hydrogen-bond acceptors (Lipinski definition) is 3. The minimum absolute atomic E-state index is 0.191. The number of aryl methyl sites for hydroxylation is 2. The molecule has 2 aliphatic carbocycles. The third-order valence-electron chi connectivity index (χ3n) is 7.42. The van der Waals surface area contributed by atoms with Gasteiger partial charge in [0.05, 0.1) is 11.1 Å². The number of aromatic amines is 1. The molecule has 6 heteroatoms. The summed E-state index contributed by atoms with van der Waals surface area (Å²) in [6.07, 6.45) is 11.3. The fourth-order valence-electron chi connectivity index (χ4n) is 5.54. The third-order valence-corrected chi connectivity index (χ3v) is 7.42. The van der Waals surface area contributed by atoms with Crippen molar-refractivity contribution in [3.8, 4) is 0 Å². The van der Waals surface area contributed by atoms with Crippen LogP contribution in [0, 0.1) is 11.3 Å². The summed E-state index contributed by atoms with van der Waals surface area (Å²) in [6.45, 7) is 3.22. The summed E-state index contributed by atoms with van der Waals surface area (Å²) in [4.78, 5) is 30.1. The molecule has 1 aromatic rings. The lowest BCUT2D eigenvalue weighted by molar-refractivity contribution is -0.146. The molecule has 1 N–H and O–H groups in total. The van der Waals surface area contributed by atoms with Gasteiger partial charge in [-0.25, -0.2) is 0 Å². The number of amides is 2. The lowest BCUT2D eigenvalue weighted by atomic mass is 9.78. The molecule has 2 aliphatic heterocycles. The maximum absolute atomic E-state index is 13.2. The smallest absolute Gasteiger partial charge is 0.230 e. The number of hydrogen-bond donors (Lipinski definition) is 1. The average Bonchev–Trinajstić information content (AvgIpc) is 3.27. The molecule has 2 amide bonds. The van der Waals surface area contributed by atoms with Crippen molar-refractivity contribution in [2.75, 3.05) is 26.2 Å². The summed E-state index contributed by atoms with van der Waals surface area (Å²) < 4.78 is 0. The Labute approximate surface area is 167 Å². The molecule has 0 radical (unpaired) electrons. The second-order valence-corrected chi connectivity index (χ2v) is 9.48. The molecule has 3 fully saturated rings. The fraction of sp³-hybridized carbons (Fsp3) is 0.773. The number of aromatic nitrogens is 2. The Morgan fingerprint density at radius 2 is 2.00 bits per heavy atom. The molecule has 3 heterocycles. The second kappa shape index (κ2) is 7.20. The van der Waals surface area contributed by atoms with Crippen LogP contribution in [-0.2, 0) is 28.9 Å². The summed E-state index contributed by atoms with van der Waals surface area (Å²) >= 11 is 0. The van der Waals surface area contributed by atoms with Gasteiger partial charge >= 0.3 is 0 Å². The number of rotatable bonds is 5. The normalized spacial score (nSPS) is 27.5. The number of fused-ring (bicyclic) bond motifs is 1. The summed E-state index contributed by atoms with van der Waals surface area (Å²) in [5, 5.41) is 7.65. The van der Waals surface area contributed by atoms with Crippen molar-refractivity contribution in [3.05, 3.63) is 17.0 Å². The van der Waals surface area contributed by atoms with Crippen molar-refractivity contribution >= 4 is 11.8 Å². The van der Waals surface area contributed by atoms with E-state index in [1.54, 1.807) is 0 Å². The van der Waals surface area contributed by atoms with Crippen molar-refractivity contribution in [2.24, 2.45) is 11.3 Å². The van der Waals surface area contributed by atoms with Crippen molar-refractivity contribution in [1.29, 1.82) is 0 Å². The van der Waals surface area contributed by atoms with Crippen molar-refractivity contribution in [3.63, 3.8) is 0 Å². The highest BCUT2D eigenvalue weighted by atomic mass is 16.2. The highest BCUT2D eigenvalue weighted by molar-refractivity contribution is 5.86. The lowest BCUT2D eigenvalue weighted by Crippen LogP contribution is -2.50. The summed E-state index contributed by atoms with van der Waals surface area (Å²) in [5.41, 5.74) is 3.42. The van der Waals surface area contributed by atoms with E-state index in [-0.39, 0.29) is 11.3 Å². The van der Waals surface area contributed by atoms with E-state index in [0.29, 0.717) is 18.9 Å². The molecular formula is C22H32N4O2. The van der Waals surface area contributed by atoms with Crippen LogP contribution < -0.4 is 0 Å². The summed E-state index contributed by atoms with van der Waals surface area (Å²) in [7, 11) is 0. The SMILES string of the molecule is O=C(CCc1n[nH]c2c1CCCC2)N1CC[C@]2(CCCN(CC3CC3)C2=O)C1. The first-order chi connectivity index (χ1) is 13.6. The molecule has 1 saturated carbocycles. The molecule has 1 atom stereocenters. The van der Waals surface area contributed by atoms with Gasteiger partial charge in [0.1, 0.15) is 0 Å². The zero-order valence-electron chi connectivity index (χ0n) is 16.8. The van der Waals surface area contributed by atoms with Gasteiger partial charge in [-0.1, -0.05) is 0 Å². The highest BCUT2D eigenvalue weighted by Gasteiger charge is 2.49. The maximum atomic E-state index is 13.2. The molecule has 4 aliphatic rings. The van der Waals surface area contributed by atoms with Gasteiger partial charge in [-0.15, -0.1) is 0 Å². The van der Waals surface area contributed by atoms with E-state index in [1.807, 2.05) is 4.90 Å². The van der Waals surface area contributed by atoms with E-state index in [4.69, 9.17) is 0 Å². The Kier molecular flexibility index (Phi) is 4.68. The number of nitrogens with zero attached hydrogens (tertiary/aromatic N) is 3. The van der Waals surface area contributed by atoms with Crippen LogP contribution in [0.25, 0.3) is 0 Å². The van der Waals surface area contributed by atoms with E-state index < -0.39 is 0 Å². The maximum Gasteiger partial charge on any atom is 0.230 e. The monoisotopic (exact) mass is 384 g/mol. The second-order valence-electron chi connectivity index (χ2n) is 9.48. The predicted molar refractivity (Wildman–Crippen MR) is 106 cm³/mol. The van der Waals surface area contributed by atoms with E-state index in [9.17, 15) is 9.59 Å². The van der Waals surface area contributed by atoms with Gasteiger partial charge in [0.2, 0.25) is 11.8 Å². The Hall–Kier alpha value is -1.85. The largest absolute Gasteiger partial charge is 0.342 e. The Balaban J connectivity index is 1.19. The summed E-state index contributed by atoms with van der Waals surface area (Å²) in [5.74, 6) is 1.25. The molecule has 0 bridgehead atoms. The topological polar surface area (TPSA) is 69.3 Å². The molecule has 2 saturated heterocycles. The van der Waals surface area contributed by atoms with Crippen molar-refractivity contribution in [2.45, 2.75) is 70.6 Å².